The summed E-state index contributed by atoms with van der Waals surface area (Å²) in [5.41, 5.74) is 4.61. The van der Waals surface area contributed by atoms with Gasteiger partial charge in [0.05, 0.1) is 28.0 Å². The topological polar surface area (TPSA) is 120 Å². The molecule has 1 spiro atoms. The number of nitrogens with zero attached hydrogens (tertiary/aromatic N) is 4. The maximum Gasteiger partial charge on any atom is 0.435 e. The van der Waals surface area contributed by atoms with Gasteiger partial charge >= 0.3 is 6.18 Å². The summed E-state index contributed by atoms with van der Waals surface area (Å²) in [6.45, 7) is 0. The van der Waals surface area contributed by atoms with Crippen LogP contribution in [-0.2, 0) is 13.2 Å². The first-order chi connectivity index (χ1) is 19.2. The molecule has 0 bridgehead atoms. The molecular formula is C26H25ClF5N7O2. The third-order valence-corrected chi connectivity index (χ3v) is 8.45. The summed E-state index contributed by atoms with van der Waals surface area (Å²) in [6, 6.07) is 3.14. The molecule has 218 valence electrons. The molecular weight excluding hydrogens is 573 g/mol. The van der Waals surface area contributed by atoms with Crippen molar-refractivity contribution in [2.45, 2.75) is 62.3 Å². The second kappa shape index (κ2) is 9.24. The second-order valence-electron chi connectivity index (χ2n) is 11.3. The minimum Gasteiger partial charge on any atom is -0.349 e. The van der Waals surface area contributed by atoms with Crippen LogP contribution in [0.5, 0.6) is 0 Å². The lowest BCUT2D eigenvalue weighted by molar-refractivity contribution is -0.141. The highest BCUT2D eigenvalue weighted by atomic mass is 35.5. The van der Waals surface area contributed by atoms with Crippen molar-refractivity contribution in [1.29, 1.82) is 0 Å². The molecule has 3 aromatic rings. The Morgan fingerprint density at radius 3 is 2.39 bits per heavy atom. The molecule has 41 heavy (non-hydrogen) atoms. The van der Waals surface area contributed by atoms with E-state index in [1.54, 1.807) is 0 Å². The van der Waals surface area contributed by atoms with Crippen LogP contribution < -0.4 is 16.4 Å². The van der Waals surface area contributed by atoms with Gasteiger partial charge < -0.3 is 20.9 Å². The number of hydrogen-bond donors (Lipinski definition) is 3. The Labute approximate surface area is 235 Å². The number of nitrogens with two attached hydrogens (primary N) is 1. The minimum absolute atomic E-state index is 0.0498. The van der Waals surface area contributed by atoms with E-state index in [1.807, 2.05) is 0 Å². The van der Waals surface area contributed by atoms with Crippen LogP contribution in [0.4, 0.5) is 27.6 Å². The number of carbonyl (C=O) groups excluding carboxylic acids is 2. The zero-order valence-electron chi connectivity index (χ0n) is 21.6. The highest BCUT2D eigenvalue weighted by molar-refractivity contribution is 6.34. The SMILES string of the molecule is Cn1c(-c2cn(C3CC3(F)F)nc2C(F)(F)F)cnc1C(=O)Nc1ccc(C(=O)NC2CC3(CC(N)C3)C2)c(Cl)c1. The van der Waals surface area contributed by atoms with E-state index < -0.39 is 41.7 Å². The number of benzene rings is 1. The van der Waals surface area contributed by atoms with Crippen LogP contribution in [0, 0.1) is 5.41 Å². The van der Waals surface area contributed by atoms with Crippen LogP contribution >= 0.6 is 11.6 Å². The summed E-state index contributed by atoms with van der Waals surface area (Å²) >= 11 is 6.32. The van der Waals surface area contributed by atoms with Gasteiger partial charge in [0.1, 0.15) is 6.04 Å². The molecule has 1 unspecified atom stereocenters. The van der Waals surface area contributed by atoms with Crippen molar-refractivity contribution in [1.82, 2.24) is 24.6 Å². The van der Waals surface area contributed by atoms with Crippen LogP contribution in [0.15, 0.2) is 30.6 Å². The van der Waals surface area contributed by atoms with Crippen molar-refractivity contribution in [3.63, 3.8) is 0 Å². The number of alkyl halides is 5. The van der Waals surface area contributed by atoms with Gasteiger partial charge in [0, 0.05) is 37.4 Å². The van der Waals surface area contributed by atoms with Crippen LogP contribution in [0.2, 0.25) is 5.02 Å². The quantitative estimate of drug-likeness (QED) is 0.353. The van der Waals surface area contributed by atoms with E-state index in [9.17, 15) is 31.5 Å². The Kier molecular flexibility index (Phi) is 6.23. The zero-order chi connectivity index (χ0) is 29.5. The number of aromatic nitrogens is 4. The molecule has 0 aliphatic heterocycles. The van der Waals surface area contributed by atoms with E-state index in [2.05, 4.69) is 20.7 Å². The van der Waals surface area contributed by atoms with Gasteiger partial charge in [-0.3, -0.25) is 14.3 Å². The van der Waals surface area contributed by atoms with Gasteiger partial charge in [0.25, 0.3) is 17.7 Å². The Bertz CT molecular complexity index is 1550. The summed E-state index contributed by atoms with van der Waals surface area (Å²) in [6.07, 6.45) is 0.0956. The average molecular weight is 598 g/mol. The largest absolute Gasteiger partial charge is 0.435 e. The number of nitrogens with one attached hydrogen (secondary N) is 2. The molecule has 2 amide bonds. The zero-order valence-corrected chi connectivity index (χ0v) is 22.4. The molecule has 2 aromatic heterocycles. The van der Waals surface area contributed by atoms with Crippen molar-refractivity contribution in [2.24, 2.45) is 18.2 Å². The van der Waals surface area contributed by atoms with Gasteiger partial charge in [0.2, 0.25) is 0 Å². The first-order valence-electron chi connectivity index (χ1n) is 12.9. The Morgan fingerprint density at radius 2 is 1.80 bits per heavy atom. The van der Waals surface area contributed by atoms with Gasteiger partial charge in [0.15, 0.2) is 11.5 Å². The van der Waals surface area contributed by atoms with Crippen LogP contribution in [0.25, 0.3) is 11.3 Å². The van der Waals surface area contributed by atoms with Gasteiger partial charge in [-0.25, -0.2) is 13.8 Å². The van der Waals surface area contributed by atoms with E-state index in [-0.39, 0.29) is 51.2 Å². The molecule has 0 saturated heterocycles. The van der Waals surface area contributed by atoms with E-state index in [0.717, 1.165) is 42.6 Å². The number of amides is 2. The Morgan fingerprint density at radius 1 is 1.12 bits per heavy atom. The van der Waals surface area contributed by atoms with Crippen LogP contribution in [0.3, 0.4) is 0 Å². The molecule has 6 rings (SSSR count). The number of rotatable bonds is 6. The first kappa shape index (κ1) is 27.6. The van der Waals surface area contributed by atoms with E-state index in [1.165, 1.54) is 25.2 Å². The Balaban J connectivity index is 1.15. The smallest absolute Gasteiger partial charge is 0.349 e. The van der Waals surface area contributed by atoms with Gasteiger partial charge in [-0.1, -0.05) is 11.6 Å². The number of carbonyl (C=O) groups is 2. The van der Waals surface area contributed by atoms with E-state index in [0.29, 0.717) is 4.68 Å². The molecule has 3 fully saturated rings. The molecule has 3 aliphatic carbocycles. The van der Waals surface area contributed by atoms with Crippen molar-refractivity contribution < 1.29 is 31.5 Å². The maximum absolute atomic E-state index is 13.7. The lowest BCUT2D eigenvalue weighted by Gasteiger charge is -2.57. The third kappa shape index (κ3) is 4.96. The summed E-state index contributed by atoms with van der Waals surface area (Å²) in [5, 5.41) is 8.99. The molecule has 3 aliphatic rings. The maximum atomic E-state index is 13.7. The minimum atomic E-state index is -4.92. The number of anilines is 1. The monoisotopic (exact) mass is 597 g/mol. The third-order valence-electron chi connectivity index (χ3n) is 8.14. The van der Waals surface area contributed by atoms with Crippen molar-refractivity contribution in [2.75, 3.05) is 5.32 Å². The fraction of sp³-hybridized carbons (Fsp3) is 0.462. The number of imidazole rings is 1. The first-order valence-corrected chi connectivity index (χ1v) is 13.3. The highest BCUT2D eigenvalue weighted by Crippen LogP contribution is 2.55. The van der Waals surface area contributed by atoms with Crippen molar-refractivity contribution in [3.05, 3.63) is 52.7 Å². The number of halogens is 6. The fourth-order valence-electron chi connectivity index (χ4n) is 6.01. The summed E-state index contributed by atoms with van der Waals surface area (Å²) in [4.78, 5) is 29.6. The Hall–Kier alpha value is -3.52. The summed E-state index contributed by atoms with van der Waals surface area (Å²) in [7, 11) is 1.32. The van der Waals surface area contributed by atoms with Crippen molar-refractivity contribution >= 4 is 29.1 Å². The predicted octanol–water partition coefficient (Wildman–Crippen LogP) is 4.79. The lowest BCUT2D eigenvalue weighted by Crippen LogP contribution is -2.59. The molecule has 3 saturated carbocycles. The van der Waals surface area contributed by atoms with Crippen LogP contribution in [0.1, 0.15) is 64.8 Å². The van der Waals surface area contributed by atoms with E-state index >= 15 is 0 Å². The predicted molar refractivity (Wildman–Crippen MR) is 138 cm³/mol. The molecule has 2 heterocycles. The molecule has 1 aromatic carbocycles. The molecule has 0 radical (unpaired) electrons. The summed E-state index contributed by atoms with van der Waals surface area (Å²) in [5.74, 6) is -4.48. The molecule has 4 N–H and O–H groups in total. The standard InChI is InChI=1S/C26H25ClF5N7O2/c1-38-18(16-11-39(19-9-25(19,28)29)37-20(16)26(30,31)32)10-34-21(38)23(41)35-13-2-3-15(17(27)4-13)22(40)36-14-7-24(8-14)5-12(33)6-24/h2-4,10-12,14,19H,5-9,33H2,1H3,(H,35,41)(H,36,40). The normalized spacial score (nSPS) is 26.3. The van der Waals surface area contributed by atoms with Gasteiger partial charge in [-0.2, -0.15) is 18.3 Å². The fourth-order valence-corrected chi connectivity index (χ4v) is 6.27. The number of hydrogen-bond acceptors (Lipinski definition) is 5. The molecule has 15 heteroatoms. The second-order valence-corrected chi connectivity index (χ2v) is 11.7. The van der Waals surface area contributed by atoms with Crippen LogP contribution in [-0.4, -0.2) is 49.2 Å². The van der Waals surface area contributed by atoms with Gasteiger partial charge in [-0.15, -0.1) is 0 Å². The average Bonchev–Trinajstić information content (AvgIpc) is 3.15. The summed E-state index contributed by atoms with van der Waals surface area (Å²) < 4.78 is 69.7. The van der Waals surface area contributed by atoms with E-state index in [4.69, 9.17) is 17.3 Å². The highest BCUT2D eigenvalue weighted by Gasteiger charge is 2.59. The molecule has 1 atom stereocenters. The molecule has 9 nitrogen and oxygen atoms in total. The lowest BCUT2D eigenvalue weighted by atomic mass is 9.52. The van der Waals surface area contributed by atoms with Crippen molar-refractivity contribution in [3.8, 4) is 11.3 Å². The van der Waals surface area contributed by atoms with Gasteiger partial charge in [-0.05, 0) is 49.3 Å².